The molecule has 3 rings (SSSR count). The number of likely N-dealkylation sites (tertiary alicyclic amines) is 1. The fourth-order valence-corrected chi connectivity index (χ4v) is 2.45. The predicted molar refractivity (Wildman–Crippen MR) is 79.8 cm³/mol. The lowest BCUT2D eigenvalue weighted by Crippen LogP contribution is -2.26. The van der Waals surface area contributed by atoms with E-state index in [2.05, 4.69) is 29.2 Å². The van der Waals surface area contributed by atoms with E-state index in [1.54, 1.807) is 0 Å². The highest BCUT2D eigenvalue weighted by molar-refractivity contribution is 5.85. The smallest absolute Gasteiger partial charge is 0.119 e. The largest absolute Gasteiger partial charge is 0.493 e. The molecule has 3 nitrogen and oxygen atoms in total. The molecule has 0 amide bonds. The number of hydrogen-bond acceptors (Lipinski definition) is 3. The summed E-state index contributed by atoms with van der Waals surface area (Å²) in [7, 11) is 0. The van der Waals surface area contributed by atoms with E-state index in [4.69, 9.17) is 10.5 Å². The second kappa shape index (κ2) is 6.60. The van der Waals surface area contributed by atoms with Gasteiger partial charge in [0.2, 0.25) is 0 Å². The summed E-state index contributed by atoms with van der Waals surface area (Å²) in [4.78, 5) is 2.42. The maximum absolute atomic E-state index is 5.91. The van der Waals surface area contributed by atoms with Crippen LogP contribution in [0.4, 0.5) is 0 Å². The van der Waals surface area contributed by atoms with E-state index in [1.165, 1.54) is 18.4 Å². The van der Waals surface area contributed by atoms with Crippen molar-refractivity contribution in [2.45, 2.75) is 31.8 Å². The summed E-state index contributed by atoms with van der Waals surface area (Å²) < 4.78 is 5.74. The normalized spacial score (nSPS) is 23.1. The van der Waals surface area contributed by atoms with Crippen molar-refractivity contribution < 1.29 is 4.74 Å². The molecule has 106 valence electrons. The zero-order chi connectivity index (χ0) is 12.4. The maximum Gasteiger partial charge on any atom is 0.119 e. The van der Waals surface area contributed by atoms with Crippen molar-refractivity contribution in [2.24, 2.45) is 11.7 Å². The molecule has 2 N–H and O–H groups in total. The summed E-state index contributed by atoms with van der Waals surface area (Å²) in [5, 5.41) is 0. The minimum Gasteiger partial charge on any atom is -0.493 e. The SMILES string of the molecule is Cl.NC1CCN(Cc2ccc(OCC3CC3)cc2)C1. The molecule has 1 saturated carbocycles. The molecule has 1 saturated heterocycles. The standard InChI is InChI=1S/C15H22N2O.ClH/c16-14-7-8-17(10-14)9-12-3-5-15(6-4-12)18-11-13-1-2-13;/h3-6,13-14H,1-2,7-11,16H2;1H. The number of rotatable bonds is 5. The van der Waals surface area contributed by atoms with Gasteiger partial charge in [-0.3, -0.25) is 4.90 Å². The summed E-state index contributed by atoms with van der Waals surface area (Å²) in [5.41, 5.74) is 7.26. The van der Waals surface area contributed by atoms with Crippen molar-refractivity contribution in [1.29, 1.82) is 0 Å². The molecule has 1 aromatic carbocycles. The van der Waals surface area contributed by atoms with Crippen LogP contribution in [0.2, 0.25) is 0 Å². The molecule has 19 heavy (non-hydrogen) atoms. The molecule has 0 aromatic heterocycles. The van der Waals surface area contributed by atoms with Crippen LogP contribution in [0, 0.1) is 5.92 Å². The van der Waals surface area contributed by atoms with E-state index in [9.17, 15) is 0 Å². The van der Waals surface area contributed by atoms with Crippen molar-refractivity contribution in [1.82, 2.24) is 4.90 Å². The van der Waals surface area contributed by atoms with Gasteiger partial charge in [0.15, 0.2) is 0 Å². The van der Waals surface area contributed by atoms with Gasteiger partial charge < -0.3 is 10.5 Å². The van der Waals surface area contributed by atoms with Gasteiger partial charge >= 0.3 is 0 Å². The summed E-state index contributed by atoms with van der Waals surface area (Å²) in [6, 6.07) is 8.89. The Morgan fingerprint density at radius 2 is 1.89 bits per heavy atom. The van der Waals surface area contributed by atoms with Crippen molar-refractivity contribution in [3.8, 4) is 5.75 Å². The third-order valence-corrected chi connectivity index (χ3v) is 3.82. The van der Waals surface area contributed by atoms with Crippen molar-refractivity contribution in [3.05, 3.63) is 29.8 Å². The number of nitrogens with zero attached hydrogens (tertiary/aromatic N) is 1. The third-order valence-electron chi connectivity index (χ3n) is 3.82. The summed E-state index contributed by atoms with van der Waals surface area (Å²) in [6.07, 6.45) is 3.81. The number of nitrogens with two attached hydrogens (primary N) is 1. The van der Waals surface area contributed by atoms with Gasteiger partial charge in [0.25, 0.3) is 0 Å². The first-order valence-electron chi connectivity index (χ1n) is 6.99. The van der Waals surface area contributed by atoms with Gasteiger partial charge in [0.1, 0.15) is 5.75 Å². The molecule has 0 radical (unpaired) electrons. The Balaban J connectivity index is 0.00000133. The van der Waals surface area contributed by atoms with E-state index in [1.807, 2.05) is 0 Å². The van der Waals surface area contributed by atoms with Crippen molar-refractivity contribution in [2.75, 3.05) is 19.7 Å². The maximum atomic E-state index is 5.91. The van der Waals surface area contributed by atoms with Crippen LogP contribution in [-0.4, -0.2) is 30.6 Å². The lowest BCUT2D eigenvalue weighted by atomic mass is 10.2. The molecule has 0 spiro atoms. The van der Waals surface area contributed by atoms with Crippen LogP contribution in [-0.2, 0) is 6.54 Å². The first-order valence-corrected chi connectivity index (χ1v) is 6.99. The van der Waals surface area contributed by atoms with Gasteiger partial charge in [-0.1, -0.05) is 12.1 Å². The molecule has 1 unspecified atom stereocenters. The van der Waals surface area contributed by atoms with E-state index in [0.717, 1.165) is 44.3 Å². The molecule has 1 heterocycles. The van der Waals surface area contributed by atoms with E-state index in [-0.39, 0.29) is 12.4 Å². The van der Waals surface area contributed by atoms with E-state index < -0.39 is 0 Å². The predicted octanol–water partition coefficient (Wildman–Crippen LogP) is 2.43. The first-order chi connectivity index (χ1) is 8.79. The van der Waals surface area contributed by atoms with E-state index in [0.29, 0.717) is 6.04 Å². The van der Waals surface area contributed by atoms with Gasteiger partial charge in [-0.2, -0.15) is 0 Å². The lowest BCUT2D eigenvalue weighted by Gasteiger charge is -2.15. The summed E-state index contributed by atoms with van der Waals surface area (Å²) in [5.74, 6) is 1.82. The molecule has 1 atom stereocenters. The average Bonchev–Trinajstić information content (AvgIpc) is 3.12. The Kier molecular flexibility index (Phi) is 5.08. The van der Waals surface area contributed by atoms with Crippen LogP contribution in [0.15, 0.2) is 24.3 Å². The molecule has 4 heteroatoms. The highest BCUT2D eigenvalue weighted by Crippen LogP contribution is 2.29. The van der Waals surface area contributed by atoms with Crippen LogP contribution in [0.3, 0.4) is 0 Å². The summed E-state index contributed by atoms with van der Waals surface area (Å²) in [6.45, 7) is 4.05. The number of ether oxygens (including phenoxy) is 1. The minimum absolute atomic E-state index is 0. The molecule has 1 aromatic rings. The molecule has 0 bridgehead atoms. The van der Waals surface area contributed by atoms with Crippen LogP contribution in [0.5, 0.6) is 5.75 Å². The molecular formula is C15H23ClN2O. The van der Waals surface area contributed by atoms with Gasteiger partial charge in [-0.05, 0) is 42.9 Å². The van der Waals surface area contributed by atoms with Crippen molar-refractivity contribution >= 4 is 12.4 Å². The van der Waals surface area contributed by atoms with Gasteiger partial charge in [-0.15, -0.1) is 12.4 Å². The number of benzene rings is 1. The molecule has 2 aliphatic rings. The zero-order valence-electron chi connectivity index (χ0n) is 11.3. The zero-order valence-corrected chi connectivity index (χ0v) is 12.1. The highest BCUT2D eigenvalue weighted by atomic mass is 35.5. The lowest BCUT2D eigenvalue weighted by molar-refractivity contribution is 0.299. The fraction of sp³-hybridized carbons (Fsp3) is 0.600. The quantitative estimate of drug-likeness (QED) is 0.901. The summed E-state index contributed by atoms with van der Waals surface area (Å²) >= 11 is 0. The Bertz CT molecular complexity index is 392. The topological polar surface area (TPSA) is 38.5 Å². The second-order valence-electron chi connectivity index (χ2n) is 5.68. The molecule has 1 aliphatic carbocycles. The van der Waals surface area contributed by atoms with Crippen LogP contribution in [0.25, 0.3) is 0 Å². The van der Waals surface area contributed by atoms with Crippen molar-refractivity contribution in [3.63, 3.8) is 0 Å². The molecular weight excluding hydrogens is 260 g/mol. The van der Waals surface area contributed by atoms with Crippen LogP contribution >= 0.6 is 12.4 Å². The Hall–Kier alpha value is -0.770. The monoisotopic (exact) mass is 282 g/mol. The molecule has 2 fully saturated rings. The van der Waals surface area contributed by atoms with Crippen LogP contribution < -0.4 is 10.5 Å². The Morgan fingerprint density at radius 1 is 1.16 bits per heavy atom. The second-order valence-corrected chi connectivity index (χ2v) is 5.68. The average molecular weight is 283 g/mol. The van der Waals surface area contributed by atoms with E-state index >= 15 is 0 Å². The number of hydrogen-bond donors (Lipinski definition) is 1. The minimum atomic E-state index is 0. The third kappa shape index (κ3) is 4.37. The highest BCUT2D eigenvalue weighted by Gasteiger charge is 2.22. The van der Waals surface area contributed by atoms with Gasteiger partial charge in [-0.25, -0.2) is 0 Å². The number of halogens is 1. The van der Waals surface area contributed by atoms with Crippen LogP contribution in [0.1, 0.15) is 24.8 Å². The Labute approximate surface area is 121 Å². The fourth-order valence-electron chi connectivity index (χ4n) is 2.45. The van der Waals surface area contributed by atoms with Gasteiger partial charge in [0.05, 0.1) is 6.61 Å². The van der Waals surface area contributed by atoms with Gasteiger partial charge in [0, 0.05) is 25.7 Å². The Morgan fingerprint density at radius 3 is 2.47 bits per heavy atom. The first kappa shape index (κ1) is 14.6. The molecule has 1 aliphatic heterocycles.